The minimum absolute atomic E-state index is 0.146. The van der Waals surface area contributed by atoms with Gasteiger partial charge in [-0.25, -0.2) is 4.98 Å². The van der Waals surface area contributed by atoms with Gasteiger partial charge >= 0.3 is 0 Å². The summed E-state index contributed by atoms with van der Waals surface area (Å²) in [5.74, 6) is 0.537. The van der Waals surface area contributed by atoms with Gasteiger partial charge in [-0.3, -0.25) is 4.79 Å². The predicted octanol–water partition coefficient (Wildman–Crippen LogP) is 4.66. The van der Waals surface area contributed by atoms with Gasteiger partial charge in [0.1, 0.15) is 5.82 Å². The summed E-state index contributed by atoms with van der Waals surface area (Å²) in [6.07, 6.45) is 2.43. The molecule has 0 spiro atoms. The third-order valence-electron chi connectivity index (χ3n) is 4.86. The molecule has 0 radical (unpaired) electrons. The Hall–Kier alpha value is -4.17. The zero-order valence-electron chi connectivity index (χ0n) is 16.2. The van der Waals surface area contributed by atoms with E-state index in [0.29, 0.717) is 23.4 Å². The molecule has 1 amide bonds. The number of benzene rings is 3. The SMILES string of the molecule is N#Cc1ccc(-c2c[nH]c(C(Cc3ccccc3)NC(=O)c3ccccc3)n2)cc1. The highest BCUT2D eigenvalue weighted by Crippen LogP contribution is 2.22. The van der Waals surface area contributed by atoms with Crippen molar-refractivity contribution in [2.45, 2.75) is 12.5 Å². The van der Waals surface area contributed by atoms with Gasteiger partial charge in [-0.1, -0.05) is 60.7 Å². The monoisotopic (exact) mass is 392 g/mol. The molecule has 0 saturated carbocycles. The Balaban J connectivity index is 1.61. The third-order valence-corrected chi connectivity index (χ3v) is 4.86. The van der Waals surface area contributed by atoms with E-state index in [1.165, 1.54) is 0 Å². The summed E-state index contributed by atoms with van der Waals surface area (Å²) in [5, 5.41) is 12.1. The van der Waals surface area contributed by atoms with Crippen molar-refractivity contribution >= 4 is 5.91 Å². The average molecular weight is 392 g/mol. The highest BCUT2D eigenvalue weighted by Gasteiger charge is 2.20. The molecule has 4 rings (SSSR count). The average Bonchev–Trinajstić information content (AvgIpc) is 3.30. The molecule has 1 unspecified atom stereocenters. The zero-order valence-corrected chi connectivity index (χ0v) is 16.2. The zero-order chi connectivity index (χ0) is 20.8. The molecule has 5 heteroatoms. The van der Waals surface area contributed by atoms with Gasteiger partial charge in [0.05, 0.1) is 23.4 Å². The van der Waals surface area contributed by atoms with Crippen molar-refractivity contribution in [1.29, 1.82) is 5.26 Å². The maximum absolute atomic E-state index is 12.8. The van der Waals surface area contributed by atoms with E-state index in [1.807, 2.05) is 66.9 Å². The summed E-state index contributed by atoms with van der Waals surface area (Å²) in [6, 6.07) is 28.2. The van der Waals surface area contributed by atoms with E-state index < -0.39 is 0 Å². The number of hydrogen-bond acceptors (Lipinski definition) is 3. The Morgan fingerprint density at radius 3 is 2.30 bits per heavy atom. The molecule has 1 heterocycles. The Kier molecular flexibility index (Phi) is 5.68. The van der Waals surface area contributed by atoms with E-state index in [4.69, 9.17) is 10.2 Å². The number of H-pyrrole nitrogens is 1. The minimum atomic E-state index is -0.313. The smallest absolute Gasteiger partial charge is 0.251 e. The molecule has 5 nitrogen and oxygen atoms in total. The lowest BCUT2D eigenvalue weighted by atomic mass is 10.0. The normalized spacial score (nSPS) is 11.4. The summed E-state index contributed by atoms with van der Waals surface area (Å²) in [7, 11) is 0. The van der Waals surface area contributed by atoms with Crippen molar-refractivity contribution in [3.8, 4) is 17.3 Å². The van der Waals surface area contributed by atoms with Gasteiger partial charge in [-0.2, -0.15) is 5.26 Å². The highest BCUT2D eigenvalue weighted by molar-refractivity contribution is 5.94. The van der Waals surface area contributed by atoms with Gasteiger partial charge in [0.15, 0.2) is 0 Å². The summed E-state index contributed by atoms with van der Waals surface area (Å²) >= 11 is 0. The third kappa shape index (κ3) is 4.45. The van der Waals surface area contributed by atoms with Crippen LogP contribution in [-0.2, 0) is 6.42 Å². The lowest BCUT2D eigenvalue weighted by molar-refractivity contribution is 0.0935. The lowest BCUT2D eigenvalue weighted by Crippen LogP contribution is -2.30. The molecule has 4 aromatic rings. The summed E-state index contributed by atoms with van der Waals surface area (Å²) in [5.41, 5.74) is 3.99. The van der Waals surface area contributed by atoms with Crippen LogP contribution in [0, 0.1) is 11.3 Å². The van der Waals surface area contributed by atoms with Crippen molar-refractivity contribution in [1.82, 2.24) is 15.3 Å². The highest BCUT2D eigenvalue weighted by atomic mass is 16.1. The molecule has 3 aromatic carbocycles. The molecule has 0 aliphatic carbocycles. The predicted molar refractivity (Wildman–Crippen MR) is 116 cm³/mol. The molecule has 30 heavy (non-hydrogen) atoms. The molecule has 0 fully saturated rings. The van der Waals surface area contributed by atoms with Crippen LogP contribution >= 0.6 is 0 Å². The van der Waals surface area contributed by atoms with Crippen LogP contribution in [0.15, 0.2) is 91.1 Å². The number of nitriles is 1. The van der Waals surface area contributed by atoms with Crippen molar-refractivity contribution in [3.63, 3.8) is 0 Å². The van der Waals surface area contributed by atoms with E-state index >= 15 is 0 Å². The lowest BCUT2D eigenvalue weighted by Gasteiger charge is -2.17. The van der Waals surface area contributed by atoms with Crippen LogP contribution < -0.4 is 5.32 Å². The maximum Gasteiger partial charge on any atom is 0.251 e. The van der Waals surface area contributed by atoms with Crippen LogP contribution in [0.4, 0.5) is 0 Å². The van der Waals surface area contributed by atoms with E-state index in [9.17, 15) is 4.79 Å². The Bertz CT molecular complexity index is 1160. The first-order chi connectivity index (χ1) is 14.7. The Labute approximate surface area is 175 Å². The van der Waals surface area contributed by atoms with Crippen molar-refractivity contribution in [2.75, 3.05) is 0 Å². The van der Waals surface area contributed by atoms with Gasteiger partial charge in [0.25, 0.3) is 5.91 Å². The van der Waals surface area contributed by atoms with Crippen LogP contribution in [0.2, 0.25) is 0 Å². The largest absolute Gasteiger partial charge is 0.346 e. The first-order valence-corrected chi connectivity index (χ1v) is 9.68. The number of nitrogens with zero attached hydrogens (tertiary/aromatic N) is 2. The number of carbonyl (C=O) groups excluding carboxylic acids is 1. The van der Waals surface area contributed by atoms with Crippen LogP contribution in [0.25, 0.3) is 11.3 Å². The summed E-state index contributed by atoms with van der Waals surface area (Å²) in [4.78, 5) is 20.7. The van der Waals surface area contributed by atoms with E-state index in [-0.39, 0.29) is 11.9 Å². The number of nitrogens with one attached hydrogen (secondary N) is 2. The maximum atomic E-state index is 12.8. The number of rotatable bonds is 6. The van der Waals surface area contributed by atoms with Gasteiger partial charge in [0.2, 0.25) is 0 Å². The molecule has 0 aliphatic rings. The van der Waals surface area contributed by atoms with Crippen LogP contribution in [0.1, 0.15) is 33.4 Å². The second kappa shape index (κ2) is 8.89. The first kappa shape index (κ1) is 19.2. The number of aromatic amines is 1. The molecule has 1 atom stereocenters. The minimum Gasteiger partial charge on any atom is -0.346 e. The number of hydrogen-bond donors (Lipinski definition) is 2. The van der Waals surface area contributed by atoms with E-state index in [2.05, 4.69) is 16.4 Å². The first-order valence-electron chi connectivity index (χ1n) is 9.68. The van der Waals surface area contributed by atoms with E-state index in [0.717, 1.165) is 16.8 Å². The number of amides is 1. The van der Waals surface area contributed by atoms with Gasteiger partial charge in [0, 0.05) is 17.3 Å². The van der Waals surface area contributed by atoms with Crippen LogP contribution in [-0.4, -0.2) is 15.9 Å². The molecule has 0 saturated heterocycles. The van der Waals surface area contributed by atoms with Gasteiger partial charge < -0.3 is 10.3 Å². The summed E-state index contributed by atoms with van der Waals surface area (Å²) in [6.45, 7) is 0. The van der Waals surface area contributed by atoms with Crippen molar-refractivity contribution < 1.29 is 4.79 Å². The topological polar surface area (TPSA) is 81.6 Å². The summed E-state index contributed by atoms with van der Waals surface area (Å²) < 4.78 is 0. The van der Waals surface area contributed by atoms with Gasteiger partial charge in [-0.05, 0) is 36.2 Å². The second-order valence-electron chi connectivity index (χ2n) is 6.94. The fourth-order valence-electron chi connectivity index (χ4n) is 3.28. The van der Waals surface area contributed by atoms with Crippen LogP contribution in [0.5, 0.6) is 0 Å². The van der Waals surface area contributed by atoms with Gasteiger partial charge in [-0.15, -0.1) is 0 Å². The fourth-order valence-corrected chi connectivity index (χ4v) is 3.28. The van der Waals surface area contributed by atoms with Crippen molar-refractivity contribution in [2.24, 2.45) is 0 Å². The Morgan fingerprint density at radius 1 is 0.967 bits per heavy atom. The molecule has 0 aliphatic heterocycles. The molecule has 2 N–H and O–H groups in total. The number of imidazole rings is 1. The number of carbonyl (C=O) groups is 1. The molecular weight excluding hydrogens is 372 g/mol. The van der Waals surface area contributed by atoms with E-state index in [1.54, 1.807) is 24.3 Å². The fraction of sp³-hybridized carbons (Fsp3) is 0.0800. The molecule has 1 aromatic heterocycles. The molecule has 0 bridgehead atoms. The Morgan fingerprint density at radius 2 is 1.63 bits per heavy atom. The second-order valence-corrected chi connectivity index (χ2v) is 6.94. The van der Waals surface area contributed by atoms with Crippen molar-refractivity contribution in [3.05, 3.63) is 114 Å². The van der Waals surface area contributed by atoms with Crippen LogP contribution in [0.3, 0.4) is 0 Å². The number of aromatic nitrogens is 2. The molecular formula is C25H20N4O. The molecule has 146 valence electrons. The quantitative estimate of drug-likeness (QED) is 0.501. The standard InChI is InChI=1S/C25H20N4O/c26-16-19-11-13-20(14-12-19)23-17-27-24(28-23)22(15-18-7-3-1-4-8-18)29-25(30)21-9-5-2-6-10-21/h1-14,17,22H,15H2,(H,27,28)(H,29,30).